The van der Waals surface area contributed by atoms with Crippen LogP contribution in [0.1, 0.15) is 11.3 Å². The van der Waals surface area contributed by atoms with Gasteiger partial charge in [-0.2, -0.15) is 10.2 Å². The molecular weight excluding hydrogens is 308 g/mol. The summed E-state index contributed by atoms with van der Waals surface area (Å²) in [4.78, 5) is 12.8. The van der Waals surface area contributed by atoms with Crippen molar-refractivity contribution < 1.29 is 0 Å². The Morgan fingerprint density at radius 3 is 2.78 bits per heavy atom. The highest BCUT2D eigenvalue weighted by Gasteiger charge is 2.03. The first-order valence-electron chi connectivity index (χ1n) is 7.04. The molecule has 116 valence electrons. The van der Waals surface area contributed by atoms with Crippen molar-refractivity contribution in [2.75, 3.05) is 0 Å². The minimum absolute atomic E-state index is 0.633. The van der Waals surface area contributed by atoms with Crippen LogP contribution in [0, 0.1) is 6.92 Å². The van der Waals surface area contributed by atoms with Crippen LogP contribution >= 0.6 is 11.9 Å². The van der Waals surface area contributed by atoms with Crippen LogP contribution in [0.4, 0.5) is 0 Å². The number of aromatic nitrogens is 4. The first kappa shape index (κ1) is 15.2. The molecule has 0 saturated heterocycles. The molecule has 0 amide bonds. The van der Waals surface area contributed by atoms with Crippen molar-refractivity contribution in [2.45, 2.75) is 11.8 Å². The Bertz CT molecular complexity index is 809. The maximum absolute atomic E-state index is 4.45. The molecule has 3 rings (SSSR count). The van der Waals surface area contributed by atoms with Gasteiger partial charge in [0, 0.05) is 36.3 Å². The lowest BCUT2D eigenvalue weighted by Gasteiger charge is -2.00. The highest BCUT2D eigenvalue weighted by Crippen LogP contribution is 2.15. The topological polar surface area (TPSA) is 68.0 Å². The molecule has 0 aliphatic heterocycles. The number of hydrazone groups is 1. The first-order valence-corrected chi connectivity index (χ1v) is 7.86. The van der Waals surface area contributed by atoms with Gasteiger partial charge in [-0.15, -0.1) is 0 Å². The van der Waals surface area contributed by atoms with E-state index < -0.39 is 0 Å². The number of rotatable bonds is 5. The second-order valence-corrected chi connectivity index (χ2v) is 5.83. The molecule has 0 spiro atoms. The van der Waals surface area contributed by atoms with Gasteiger partial charge < -0.3 is 0 Å². The average molecular weight is 324 g/mol. The Labute approximate surface area is 138 Å². The van der Waals surface area contributed by atoms with Gasteiger partial charge in [-0.05, 0) is 25.1 Å². The number of aryl methyl sites for hydroxylation is 2. The van der Waals surface area contributed by atoms with E-state index in [1.165, 1.54) is 17.5 Å². The Morgan fingerprint density at radius 1 is 1.22 bits per heavy atom. The highest BCUT2D eigenvalue weighted by atomic mass is 32.2. The molecule has 0 aliphatic carbocycles. The summed E-state index contributed by atoms with van der Waals surface area (Å²) >= 11 is 1.45. The van der Waals surface area contributed by atoms with Crippen molar-refractivity contribution in [1.29, 1.82) is 0 Å². The van der Waals surface area contributed by atoms with Gasteiger partial charge in [0.25, 0.3) is 0 Å². The SMILES string of the molecule is Cc1ccc(SN/N=C/c2ccnc(-c3cnn(C)c3)n2)cc1. The fraction of sp³-hybridized carbons (Fsp3) is 0.125. The Morgan fingerprint density at radius 2 is 2.04 bits per heavy atom. The Hall–Kier alpha value is -2.67. The molecule has 0 bridgehead atoms. The predicted octanol–water partition coefficient (Wildman–Crippen LogP) is 2.82. The molecule has 1 aromatic carbocycles. The minimum atomic E-state index is 0.633. The monoisotopic (exact) mass is 324 g/mol. The normalized spacial score (nSPS) is 11.0. The van der Waals surface area contributed by atoms with Crippen LogP contribution in [0.25, 0.3) is 11.4 Å². The van der Waals surface area contributed by atoms with Gasteiger partial charge in [-0.25, -0.2) is 14.8 Å². The summed E-state index contributed by atoms with van der Waals surface area (Å²) in [5, 5.41) is 8.30. The van der Waals surface area contributed by atoms with E-state index in [4.69, 9.17) is 0 Å². The molecule has 7 heteroatoms. The summed E-state index contributed by atoms with van der Waals surface area (Å²) < 4.78 is 1.72. The molecular formula is C16H16N6S. The zero-order valence-corrected chi connectivity index (χ0v) is 13.7. The molecule has 23 heavy (non-hydrogen) atoms. The summed E-state index contributed by atoms with van der Waals surface area (Å²) in [5.74, 6) is 0.633. The lowest BCUT2D eigenvalue weighted by Crippen LogP contribution is -1.97. The molecule has 0 atom stereocenters. The number of hydrogen-bond acceptors (Lipinski definition) is 6. The quantitative estimate of drug-likeness (QED) is 0.444. The smallest absolute Gasteiger partial charge is 0.162 e. The largest absolute Gasteiger partial charge is 0.275 e. The standard InChI is InChI=1S/C16H16N6S/c1-12-3-5-15(6-4-12)23-21-18-10-14-7-8-17-16(20-14)13-9-19-22(2)11-13/h3-11,21H,1-2H3/b18-10+. The van der Waals surface area contributed by atoms with Gasteiger partial charge in [-0.3, -0.25) is 4.68 Å². The van der Waals surface area contributed by atoms with Crippen LogP contribution in [0.3, 0.4) is 0 Å². The number of hydrogen-bond donors (Lipinski definition) is 1. The highest BCUT2D eigenvalue weighted by molar-refractivity contribution is 7.97. The van der Waals surface area contributed by atoms with E-state index in [2.05, 4.69) is 44.1 Å². The molecule has 0 fully saturated rings. The molecule has 0 saturated carbocycles. The van der Waals surface area contributed by atoms with Crippen LogP contribution in [0.15, 0.2) is 58.9 Å². The predicted molar refractivity (Wildman–Crippen MR) is 92.0 cm³/mol. The van der Waals surface area contributed by atoms with Crippen LogP contribution in [0.2, 0.25) is 0 Å². The van der Waals surface area contributed by atoms with Crippen LogP contribution in [-0.4, -0.2) is 26.0 Å². The van der Waals surface area contributed by atoms with Gasteiger partial charge in [0.2, 0.25) is 0 Å². The van der Waals surface area contributed by atoms with Crippen LogP contribution < -0.4 is 4.83 Å². The van der Waals surface area contributed by atoms with Crippen molar-refractivity contribution >= 4 is 18.2 Å². The molecule has 0 radical (unpaired) electrons. The Kier molecular flexibility index (Phi) is 4.68. The van der Waals surface area contributed by atoms with Crippen molar-refractivity contribution in [3.63, 3.8) is 0 Å². The zero-order valence-electron chi connectivity index (χ0n) is 12.8. The number of nitrogens with one attached hydrogen (secondary N) is 1. The maximum atomic E-state index is 4.45. The summed E-state index contributed by atoms with van der Waals surface area (Å²) in [6, 6.07) is 10.0. The lowest BCUT2D eigenvalue weighted by molar-refractivity contribution is 0.768. The first-order chi connectivity index (χ1) is 11.2. The Balaban J connectivity index is 1.62. The summed E-state index contributed by atoms with van der Waals surface area (Å²) in [5.41, 5.74) is 2.85. The van der Waals surface area contributed by atoms with Crippen molar-refractivity contribution in [2.24, 2.45) is 12.1 Å². The van der Waals surface area contributed by atoms with Gasteiger partial charge >= 0.3 is 0 Å². The molecule has 2 aromatic heterocycles. The lowest BCUT2D eigenvalue weighted by atomic mass is 10.2. The van der Waals surface area contributed by atoms with E-state index in [-0.39, 0.29) is 0 Å². The molecule has 0 unspecified atom stereocenters. The third-order valence-electron chi connectivity index (χ3n) is 3.07. The molecule has 6 nitrogen and oxygen atoms in total. The van der Waals surface area contributed by atoms with Crippen molar-refractivity contribution in [3.05, 3.63) is 60.2 Å². The molecule has 0 aliphatic rings. The van der Waals surface area contributed by atoms with E-state index in [1.807, 2.05) is 31.4 Å². The number of benzene rings is 1. The van der Waals surface area contributed by atoms with Crippen molar-refractivity contribution in [1.82, 2.24) is 24.6 Å². The fourth-order valence-electron chi connectivity index (χ4n) is 1.90. The second kappa shape index (κ2) is 7.06. The third kappa shape index (κ3) is 4.17. The second-order valence-electron chi connectivity index (χ2n) is 4.97. The minimum Gasteiger partial charge on any atom is -0.275 e. The van der Waals surface area contributed by atoms with Gasteiger partial charge in [0.15, 0.2) is 5.82 Å². The molecule has 3 aromatic rings. The maximum Gasteiger partial charge on any atom is 0.162 e. The van der Waals surface area contributed by atoms with E-state index in [1.54, 1.807) is 23.3 Å². The van der Waals surface area contributed by atoms with Gasteiger partial charge in [-0.1, -0.05) is 17.7 Å². The van der Waals surface area contributed by atoms with E-state index >= 15 is 0 Å². The fourth-order valence-corrected chi connectivity index (χ4v) is 2.38. The van der Waals surface area contributed by atoms with Crippen molar-refractivity contribution in [3.8, 4) is 11.4 Å². The zero-order chi connectivity index (χ0) is 16.1. The van der Waals surface area contributed by atoms with Gasteiger partial charge in [0.1, 0.15) is 0 Å². The van der Waals surface area contributed by atoms with E-state index in [9.17, 15) is 0 Å². The third-order valence-corrected chi connectivity index (χ3v) is 3.78. The molecule has 2 heterocycles. The van der Waals surface area contributed by atoms with Crippen LogP contribution in [-0.2, 0) is 7.05 Å². The molecule has 1 N–H and O–H groups in total. The van der Waals surface area contributed by atoms with Crippen LogP contribution in [0.5, 0.6) is 0 Å². The summed E-state index contributed by atoms with van der Waals surface area (Å²) in [7, 11) is 1.86. The summed E-state index contributed by atoms with van der Waals surface area (Å²) in [6.07, 6.45) is 7.00. The summed E-state index contributed by atoms with van der Waals surface area (Å²) in [6.45, 7) is 2.06. The number of nitrogens with zero attached hydrogens (tertiary/aromatic N) is 5. The van der Waals surface area contributed by atoms with E-state index in [0.717, 1.165) is 16.2 Å². The van der Waals surface area contributed by atoms with Gasteiger partial charge in [0.05, 0.1) is 23.7 Å². The van der Waals surface area contributed by atoms with E-state index in [0.29, 0.717) is 5.82 Å². The average Bonchev–Trinajstić information content (AvgIpc) is 3.00.